The third kappa shape index (κ3) is 3.49. The Hall–Kier alpha value is -1.60. The first-order chi connectivity index (χ1) is 9.61. The van der Waals surface area contributed by atoms with Gasteiger partial charge in [0.1, 0.15) is 10.7 Å². The van der Waals surface area contributed by atoms with E-state index in [0.29, 0.717) is 17.2 Å². The SMILES string of the molecule is CCN(C)c1nc(N)c(C(=O)NCCc2ccsc2)s1. The summed E-state index contributed by atoms with van der Waals surface area (Å²) in [6, 6.07) is 2.06. The smallest absolute Gasteiger partial charge is 0.265 e. The molecular weight excluding hydrogens is 292 g/mol. The summed E-state index contributed by atoms with van der Waals surface area (Å²) in [6.07, 6.45) is 0.829. The quantitative estimate of drug-likeness (QED) is 0.858. The molecule has 0 aliphatic rings. The van der Waals surface area contributed by atoms with Gasteiger partial charge in [-0.15, -0.1) is 0 Å². The Morgan fingerprint density at radius 3 is 3.00 bits per heavy atom. The topological polar surface area (TPSA) is 71.2 Å². The number of nitrogens with two attached hydrogens (primary N) is 1. The van der Waals surface area contributed by atoms with Crippen LogP contribution in [0.1, 0.15) is 22.2 Å². The molecule has 20 heavy (non-hydrogen) atoms. The molecule has 7 heteroatoms. The molecular formula is C13H18N4OS2. The van der Waals surface area contributed by atoms with Crippen molar-refractivity contribution in [1.29, 1.82) is 0 Å². The van der Waals surface area contributed by atoms with Gasteiger partial charge in [-0.25, -0.2) is 4.98 Å². The fourth-order valence-electron chi connectivity index (χ4n) is 1.62. The van der Waals surface area contributed by atoms with E-state index in [2.05, 4.69) is 21.7 Å². The summed E-state index contributed by atoms with van der Waals surface area (Å²) >= 11 is 2.99. The van der Waals surface area contributed by atoms with Gasteiger partial charge in [-0.1, -0.05) is 11.3 Å². The second kappa shape index (κ2) is 6.71. The Morgan fingerprint density at radius 2 is 2.35 bits per heavy atom. The number of rotatable bonds is 6. The van der Waals surface area contributed by atoms with Crippen LogP contribution in [0.15, 0.2) is 16.8 Å². The molecule has 0 radical (unpaired) electrons. The average molecular weight is 310 g/mol. The van der Waals surface area contributed by atoms with Crippen molar-refractivity contribution in [2.75, 3.05) is 30.8 Å². The minimum absolute atomic E-state index is 0.147. The summed E-state index contributed by atoms with van der Waals surface area (Å²) in [5.41, 5.74) is 7.05. The Bertz CT molecular complexity index is 565. The summed E-state index contributed by atoms with van der Waals surface area (Å²) in [6.45, 7) is 3.45. The molecule has 0 aromatic carbocycles. The van der Waals surface area contributed by atoms with Gasteiger partial charge in [0.25, 0.3) is 5.91 Å². The fraction of sp³-hybridized carbons (Fsp3) is 0.385. The highest BCUT2D eigenvalue weighted by Crippen LogP contribution is 2.27. The molecule has 0 bridgehead atoms. The monoisotopic (exact) mass is 310 g/mol. The molecule has 5 nitrogen and oxygen atoms in total. The first-order valence-electron chi connectivity index (χ1n) is 6.38. The second-order valence-corrected chi connectivity index (χ2v) is 6.12. The number of thiophene rings is 1. The van der Waals surface area contributed by atoms with Gasteiger partial charge in [0, 0.05) is 20.1 Å². The summed E-state index contributed by atoms with van der Waals surface area (Å²) in [4.78, 5) is 18.8. The number of nitrogen functional groups attached to an aromatic ring is 1. The molecule has 3 N–H and O–H groups in total. The predicted molar refractivity (Wildman–Crippen MR) is 85.8 cm³/mol. The number of amides is 1. The van der Waals surface area contributed by atoms with Crippen molar-refractivity contribution in [3.8, 4) is 0 Å². The first-order valence-corrected chi connectivity index (χ1v) is 8.14. The predicted octanol–water partition coefficient (Wildman–Crippen LogP) is 2.22. The van der Waals surface area contributed by atoms with Crippen molar-refractivity contribution in [3.05, 3.63) is 27.3 Å². The van der Waals surface area contributed by atoms with E-state index in [0.717, 1.165) is 18.1 Å². The van der Waals surface area contributed by atoms with E-state index in [1.54, 1.807) is 11.3 Å². The number of nitrogens with zero attached hydrogens (tertiary/aromatic N) is 2. The molecule has 0 saturated heterocycles. The number of nitrogens with one attached hydrogen (secondary N) is 1. The van der Waals surface area contributed by atoms with Gasteiger partial charge in [0.15, 0.2) is 5.13 Å². The standard InChI is InChI=1S/C13H18N4OS2/c1-3-17(2)13-16-11(14)10(20-13)12(18)15-6-4-9-5-7-19-8-9/h5,7-8H,3-4,6,14H2,1-2H3,(H,15,18). The zero-order valence-corrected chi connectivity index (χ0v) is 13.2. The third-order valence-electron chi connectivity index (χ3n) is 2.93. The zero-order valence-electron chi connectivity index (χ0n) is 11.5. The highest BCUT2D eigenvalue weighted by molar-refractivity contribution is 7.18. The van der Waals surface area contributed by atoms with E-state index in [-0.39, 0.29) is 5.91 Å². The Morgan fingerprint density at radius 1 is 1.55 bits per heavy atom. The van der Waals surface area contributed by atoms with Crippen molar-refractivity contribution in [3.63, 3.8) is 0 Å². The number of carbonyl (C=O) groups is 1. The maximum atomic E-state index is 12.1. The summed E-state index contributed by atoms with van der Waals surface area (Å²) < 4.78 is 0. The van der Waals surface area contributed by atoms with Crippen LogP contribution in [0.25, 0.3) is 0 Å². The highest BCUT2D eigenvalue weighted by Gasteiger charge is 2.17. The van der Waals surface area contributed by atoms with Crippen LogP contribution in [-0.2, 0) is 6.42 Å². The Labute approximate surface area is 126 Å². The van der Waals surface area contributed by atoms with Gasteiger partial charge in [0.2, 0.25) is 0 Å². The molecule has 0 spiro atoms. The number of anilines is 2. The minimum atomic E-state index is -0.147. The lowest BCUT2D eigenvalue weighted by atomic mass is 10.2. The lowest BCUT2D eigenvalue weighted by Gasteiger charge is -2.10. The lowest BCUT2D eigenvalue weighted by Crippen LogP contribution is -2.25. The molecule has 108 valence electrons. The third-order valence-corrected chi connectivity index (χ3v) is 4.84. The Kier molecular flexibility index (Phi) is 4.97. The van der Waals surface area contributed by atoms with Gasteiger partial charge in [-0.3, -0.25) is 4.79 Å². The minimum Gasteiger partial charge on any atom is -0.382 e. The molecule has 2 aromatic heterocycles. The van der Waals surface area contributed by atoms with E-state index in [9.17, 15) is 4.79 Å². The second-order valence-electron chi connectivity index (χ2n) is 4.36. The summed E-state index contributed by atoms with van der Waals surface area (Å²) in [5.74, 6) is 0.157. The number of hydrogen-bond donors (Lipinski definition) is 2. The van der Waals surface area contributed by atoms with E-state index < -0.39 is 0 Å². The molecule has 0 aliphatic carbocycles. The van der Waals surface area contributed by atoms with Gasteiger partial charge >= 0.3 is 0 Å². The van der Waals surface area contributed by atoms with E-state index in [1.165, 1.54) is 16.9 Å². The maximum Gasteiger partial charge on any atom is 0.265 e. The maximum absolute atomic E-state index is 12.1. The average Bonchev–Trinajstić information content (AvgIpc) is 3.07. The van der Waals surface area contributed by atoms with Crippen LogP contribution in [0, 0.1) is 0 Å². The Balaban J connectivity index is 1.93. The van der Waals surface area contributed by atoms with Crippen molar-refractivity contribution in [2.24, 2.45) is 0 Å². The molecule has 0 saturated carbocycles. The number of carbonyl (C=O) groups excluding carboxylic acids is 1. The zero-order chi connectivity index (χ0) is 14.5. The van der Waals surface area contributed by atoms with E-state index in [4.69, 9.17) is 5.73 Å². The van der Waals surface area contributed by atoms with Gasteiger partial charge < -0.3 is 16.0 Å². The van der Waals surface area contributed by atoms with Crippen LogP contribution < -0.4 is 16.0 Å². The van der Waals surface area contributed by atoms with Crippen LogP contribution in [0.5, 0.6) is 0 Å². The lowest BCUT2D eigenvalue weighted by molar-refractivity contribution is 0.0959. The molecule has 0 unspecified atom stereocenters. The van der Waals surface area contributed by atoms with Crippen LogP contribution in [0.4, 0.5) is 10.9 Å². The highest BCUT2D eigenvalue weighted by atomic mass is 32.1. The fourth-order valence-corrected chi connectivity index (χ4v) is 3.25. The summed E-state index contributed by atoms with van der Waals surface area (Å²) in [5, 5.41) is 7.77. The van der Waals surface area contributed by atoms with E-state index >= 15 is 0 Å². The molecule has 1 amide bonds. The largest absolute Gasteiger partial charge is 0.382 e. The van der Waals surface area contributed by atoms with Crippen LogP contribution in [-0.4, -0.2) is 31.0 Å². The van der Waals surface area contributed by atoms with Gasteiger partial charge in [-0.2, -0.15) is 11.3 Å². The first kappa shape index (κ1) is 14.8. The van der Waals surface area contributed by atoms with Gasteiger partial charge in [0.05, 0.1) is 0 Å². The molecule has 0 fully saturated rings. The van der Waals surface area contributed by atoms with Crippen LogP contribution in [0.3, 0.4) is 0 Å². The van der Waals surface area contributed by atoms with Crippen LogP contribution >= 0.6 is 22.7 Å². The molecule has 0 atom stereocenters. The molecule has 2 aromatic rings. The van der Waals surface area contributed by atoms with Gasteiger partial charge in [-0.05, 0) is 35.7 Å². The number of thiazole rings is 1. The molecule has 2 heterocycles. The molecule has 2 rings (SSSR count). The van der Waals surface area contributed by atoms with Crippen LogP contribution in [0.2, 0.25) is 0 Å². The van der Waals surface area contributed by atoms with Crippen molar-refractivity contribution in [2.45, 2.75) is 13.3 Å². The normalized spacial score (nSPS) is 10.5. The van der Waals surface area contributed by atoms with Crippen molar-refractivity contribution >= 4 is 39.5 Å². The summed E-state index contributed by atoms with van der Waals surface area (Å²) in [7, 11) is 1.93. The molecule has 0 aliphatic heterocycles. The number of hydrogen-bond acceptors (Lipinski definition) is 6. The van der Waals surface area contributed by atoms with Crippen molar-refractivity contribution < 1.29 is 4.79 Å². The van der Waals surface area contributed by atoms with Crippen molar-refractivity contribution in [1.82, 2.24) is 10.3 Å². The number of aromatic nitrogens is 1. The van der Waals surface area contributed by atoms with E-state index in [1.807, 2.05) is 24.3 Å².